The van der Waals surface area contributed by atoms with Gasteiger partial charge in [0.15, 0.2) is 5.01 Å². The molecule has 0 radical (unpaired) electrons. The van der Waals surface area contributed by atoms with Crippen LogP contribution in [0.1, 0.15) is 16.1 Å². The van der Waals surface area contributed by atoms with E-state index in [9.17, 15) is 9.18 Å². The fourth-order valence-electron chi connectivity index (χ4n) is 2.12. The first-order chi connectivity index (χ1) is 12.5. The van der Waals surface area contributed by atoms with Gasteiger partial charge in [0.25, 0.3) is 0 Å². The lowest BCUT2D eigenvalue weighted by Gasteiger charge is -2.07. The Labute approximate surface area is 154 Å². The van der Waals surface area contributed by atoms with Crippen LogP contribution in [0.3, 0.4) is 0 Å². The second kappa shape index (κ2) is 7.92. The third kappa shape index (κ3) is 4.76. The maximum Gasteiger partial charge on any atom is 0.325 e. The number of anilines is 2. The van der Waals surface area contributed by atoms with Crippen molar-refractivity contribution in [3.63, 3.8) is 0 Å². The topological polar surface area (TPSA) is 76.1 Å². The molecule has 0 unspecified atom stereocenters. The summed E-state index contributed by atoms with van der Waals surface area (Å²) in [6.45, 7) is 4.18. The Morgan fingerprint density at radius 1 is 1.08 bits per heavy atom. The van der Waals surface area contributed by atoms with Crippen molar-refractivity contribution in [2.45, 2.75) is 20.5 Å². The molecule has 0 bridgehead atoms. The van der Waals surface area contributed by atoms with Crippen LogP contribution >= 0.6 is 11.3 Å². The van der Waals surface area contributed by atoms with Gasteiger partial charge in [0, 0.05) is 5.69 Å². The molecule has 2 N–H and O–H groups in total. The zero-order chi connectivity index (χ0) is 18.5. The molecule has 3 rings (SSSR count). The van der Waals surface area contributed by atoms with Crippen LogP contribution in [0.5, 0.6) is 5.75 Å². The van der Waals surface area contributed by atoms with Gasteiger partial charge in [0.2, 0.25) is 5.13 Å². The van der Waals surface area contributed by atoms with E-state index in [1.165, 1.54) is 35.6 Å². The molecule has 2 amide bonds. The second-order valence-corrected chi connectivity index (χ2v) is 6.68. The van der Waals surface area contributed by atoms with Gasteiger partial charge in [-0.05, 0) is 61.4 Å². The molecule has 0 saturated heterocycles. The van der Waals surface area contributed by atoms with Gasteiger partial charge in [0.05, 0.1) is 0 Å². The molecule has 26 heavy (non-hydrogen) atoms. The highest BCUT2D eigenvalue weighted by atomic mass is 32.1. The summed E-state index contributed by atoms with van der Waals surface area (Å²) in [6, 6.07) is 11.0. The summed E-state index contributed by atoms with van der Waals surface area (Å²) in [5.41, 5.74) is 2.96. The van der Waals surface area contributed by atoms with Crippen LogP contribution in [0.25, 0.3) is 0 Å². The van der Waals surface area contributed by atoms with Crippen LogP contribution in [-0.2, 0) is 6.61 Å². The molecule has 1 heterocycles. The summed E-state index contributed by atoms with van der Waals surface area (Å²) in [5.74, 6) is 0.207. The van der Waals surface area contributed by atoms with Crippen LogP contribution in [0, 0.1) is 19.7 Å². The fraction of sp³-hybridized carbons (Fsp3) is 0.167. The quantitative estimate of drug-likeness (QED) is 0.690. The lowest BCUT2D eigenvalue weighted by atomic mass is 10.1. The van der Waals surface area contributed by atoms with Crippen molar-refractivity contribution in [3.05, 3.63) is 64.4 Å². The summed E-state index contributed by atoms with van der Waals surface area (Å²) in [4.78, 5) is 12.0. The van der Waals surface area contributed by atoms with Gasteiger partial charge in [0.1, 0.15) is 18.2 Å². The smallest absolute Gasteiger partial charge is 0.325 e. The lowest BCUT2D eigenvalue weighted by Crippen LogP contribution is -2.19. The molecule has 0 fully saturated rings. The summed E-state index contributed by atoms with van der Waals surface area (Å²) < 4.78 is 18.3. The Kier molecular flexibility index (Phi) is 5.43. The number of carbonyl (C=O) groups excluding carboxylic acids is 1. The van der Waals surface area contributed by atoms with Crippen LogP contribution in [0.2, 0.25) is 0 Å². The monoisotopic (exact) mass is 372 g/mol. The zero-order valence-electron chi connectivity index (χ0n) is 14.2. The van der Waals surface area contributed by atoms with Crippen molar-refractivity contribution in [1.82, 2.24) is 10.2 Å². The van der Waals surface area contributed by atoms with Gasteiger partial charge in [-0.1, -0.05) is 17.4 Å². The lowest BCUT2D eigenvalue weighted by molar-refractivity contribution is 0.262. The van der Waals surface area contributed by atoms with Crippen molar-refractivity contribution < 1.29 is 13.9 Å². The molecule has 134 valence electrons. The minimum absolute atomic E-state index is 0.184. The van der Waals surface area contributed by atoms with Gasteiger partial charge in [-0.15, -0.1) is 10.2 Å². The normalized spacial score (nSPS) is 10.4. The summed E-state index contributed by atoms with van der Waals surface area (Å²) in [5, 5.41) is 14.2. The molecular weight excluding hydrogens is 355 g/mol. The Morgan fingerprint density at radius 3 is 2.58 bits per heavy atom. The predicted octanol–water partition coefficient (Wildman–Crippen LogP) is 4.52. The average Bonchev–Trinajstić information content (AvgIpc) is 3.05. The zero-order valence-corrected chi connectivity index (χ0v) is 15.1. The predicted molar refractivity (Wildman–Crippen MR) is 99.2 cm³/mol. The molecule has 0 aliphatic carbocycles. The number of ether oxygens (including phenoxy) is 1. The highest BCUT2D eigenvalue weighted by Gasteiger charge is 2.09. The third-order valence-electron chi connectivity index (χ3n) is 3.63. The Morgan fingerprint density at radius 2 is 1.85 bits per heavy atom. The van der Waals surface area contributed by atoms with Crippen LogP contribution in [0.15, 0.2) is 42.5 Å². The van der Waals surface area contributed by atoms with Gasteiger partial charge >= 0.3 is 6.03 Å². The van der Waals surface area contributed by atoms with Crippen LogP contribution in [-0.4, -0.2) is 16.2 Å². The second-order valence-electron chi connectivity index (χ2n) is 5.62. The van der Waals surface area contributed by atoms with E-state index < -0.39 is 6.03 Å². The van der Waals surface area contributed by atoms with E-state index in [1.54, 1.807) is 0 Å². The largest absolute Gasteiger partial charge is 0.486 e. The van der Waals surface area contributed by atoms with Crippen molar-refractivity contribution in [2.75, 3.05) is 10.6 Å². The van der Waals surface area contributed by atoms with Crippen molar-refractivity contribution in [1.29, 1.82) is 0 Å². The summed E-state index contributed by atoms with van der Waals surface area (Å²) >= 11 is 1.21. The molecule has 1 aromatic heterocycles. The molecule has 6 nitrogen and oxygen atoms in total. The van der Waals surface area contributed by atoms with E-state index >= 15 is 0 Å². The Bertz CT molecular complexity index is 912. The van der Waals surface area contributed by atoms with Gasteiger partial charge in [-0.3, -0.25) is 5.32 Å². The standard InChI is InChI=1S/C18H17FN4O2S/c1-11-3-6-14(9-12(11)2)20-17(24)21-18-23-22-16(26-18)10-25-15-7-4-13(19)5-8-15/h3-9H,10H2,1-2H3,(H2,20,21,23,24). The number of urea groups is 1. The molecule has 8 heteroatoms. The van der Waals surface area contributed by atoms with Crippen molar-refractivity contribution >= 4 is 28.2 Å². The number of halogens is 1. The number of nitrogens with one attached hydrogen (secondary N) is 2. The van der Waals surface area contributed by atoms with Gasteiger partial charge in [-0.25, -0.2) is 9.18 Å². The van der Waals surface area contributed by atoms with Crippen molar-refractivity contribution in [3.8, 4) is 5.75 Å². The number of carbonyl (C=O) groups is 1. The maximum atomic E-state index is 12.9. The molecule has 0 saturated carbocycles. The van der Waals surface area contributed by atoms with Crippen LogP contribution < -0.4 is 15.4 Å². The SMILES string of the molecule is Cc1ccc(NC(=O)Nc2nnc(COc3ccc(F)cc3)s2)cc1C. The summed E-state index contributed by atoms with van der Waals surface area (Å²) in [7, 11) is 0. The number of hydrogen-bond acceptors (Lipinski definition) is 5. The first-order valence-electron chi connectivity index (χ1n) is 7.85. The number of nitrogens with zero attached hydrogens (tertiary/aromatic N) is 2. The number of rotatable bonds is 5. The molecule has 0 spiro atoms. The maximum absolute atomic E-state index is 12.9. The first kappa shape index (κ1) is 17.8. The number of amides is 2. The first-order valence-corrected chi connectivity index (χ1v) is 8.67. The van der Waals surface area contributed by atoms with E-state index in [2.05, 4.69) is 20.8 Å². The number of benzene rings is 2. The number of hydrogen-bond donors (Lipinski definition) is 2. The fourth-order valence-corrected chi connectivity index (χ4v) is 2.77. The molecular formula is C18H17FN4O2S. The minimum Gasteiger partial charge on any atom is -0.486 e. The van der Waals surface area contributed by atoms with Gasteiger partial charge in [-0.2, -0.15) is 0 Å². The summed E-state index contributed by atoms with van der Waals surface area (Å²) in [6.07, 6.45) is 0. The van der Waals surface area contributed by atoms with Crippen molar-refractivity contribution in [2.24, 2.45) is 0 Å². The Hall–Kier alpha value is -3.00. The third-order valence-corrected chi connectivity index (χ3v) is 4.44. The highest BCUT2D eigenvalue weighted by molar-refractivity contribution is 7.15. The Balaban J connectivity index is 1.53. The number of aromatic nitrogens is 2. The molecule has 0 aliphatic heterocycles. The number of aryl methyl sites for hydroxylation is 2. The molecule has 2 aromatic carbocycles. The highest BCUT2D eigenvalue weighted by Crippen LogP contribution is 2.19. The van der Waals surface area contributed by atoms with E-state index in [1.807, 2.05) is 32.0 Å². The average molecular weight is 372 g/mol. The van der Waals surface area contributed by atoms with E-state index in [-0.39, 0.29) is 12.4 Å². The molecule has 0 atom stereocenters. The van der Waals surface area contributed by atoms with E-state index in [0.717, 1.165) is 11.1 Å². The van der Waals surface area contributed by atoms with E-state index in [0.29, 0.717) is 21.6 Å². The molecule has 3 aromatic rings. The molecule has 0 aliphatic rings. The van der Waals surface area contributed by atoms with Crippen LogP contribution in [0.4, 0.5) is 20.0 Å². The minimum atomic E-state index is -0.393. The van der Waals surface area contributed by atoms with Gasteiger partial charge < -0.3 is 10.1 Å². The van der Waals surface area contributed by atoms with E-state index in [4.69, 9.17) is 4.74 Å².